The van der Waals surface area contributed by atoms with Crippen molar-refractivity contribution in [1.29, 1.82) is 0 Å². The number of hydrogen-bond donors (Lipinski definition) is 0. The van der Waals surface area contributed by atoms with Crippen LogP contribution in [0.15, 0.2) is 58.9 Å². The van der Waals surface area contributed by atoms with Crippen LogP contribution in [0.3, 0.4) is 0 Å². The summed E-state index contributed by atoms with van der Waals surface area (Å²) >= 11 is 1.49. The first-order valence-electron chi connectivity index (χ1n) is 14.2. The van der Waals surface area contributed by atoms with Gasteiger partial charge in [-0.25, -0.2) is 14.2 Å². The number of anilines is 1. The molecule has 226 valence electrons. The minimum Gasteiger partial charge on any atom is -0.465 e. The molecule has 1 saturated heterocycles. The summed E-state index contributed by atoms with van der Waals surface area (Å²) in [7, 11) is 0. The molecule has 2 heterocycles. The molecule has 0 saturated carbocycles. The normalized spacial score (nSPS) is 14.1. The monoisotopic (exact) mass is 598 g/mol. The van der Waals surface area contributed by atoms with Crippen molar-refractivity contribution < 1.29 is 28.2 Å². The summed E-state index contributed by atoms with van der Waals surface area (Å²) in [5.41, 5.74) is 3.09. The maximum absolute atomic E-state index is 13.5. The van der Waals surface area contributed by atoms with Gasteiger partial charge in [-0.1, -0.05) is 12.1 Å². The molecule has 1 amide bonds. The first-order chi connectivity index (χ1) is 20.1. The van der Waals surface area contributed by atoms with Crippen molar-refractivity contribution in [3.05, 3.63) is 64.5 Å². The molecule has 0 radical (unpaired) electrons. The minimum atomic E-state index is -0.701. The lowest BCUT2D eigenvalue weighted by Crippen LogP contribution is -2.41. The number of hydrogen-bond acceptors (Lipinski definition) is 8. The highest BCUT2D eigenvalue weighted by molar-refractivity contribution is 7.07. The van der Waals surface area contributed by atoms with E-state index < -0.39 is 17.7 Å². The quantitative estimate of drug-likeness (QED) is 0.282. The third-order valence-corrected chi connectivity index (χ3v) is 7.34. The van der Waals surface area contributed by atoms with Crippen LogP contribution in [0.25, 0.3) is 11.3 Å². The molecular weight excluding hydrogens is 559 g/mol. The van der Waals surface area contributed by atoms with Gasteiger partial charge >= 0.3 is 12.1 Å². The Hall–Kier alpha value is -3.70. The number of thiazole rings is 1. The molecule has 0 N–H and O–H groups in total. The molecule has 42 heavy (non-hydrogen) atoms. The molecule has 11 heteroatoms. The Morgan fingerprint density at radius 2 is 1.76 bits per heavy atom. The molecule has 3 aromatic rings. The highest BCUT2D eigenvalue weighted by Gasteiger charge is 2.24. The molecule has 0 bridgehead atoms. The summed E-state index contributed by atoms with van der Waals surface area (Å²) < 4.78 is 31.7. The summed E-state index contributed by atoms with van der Waals surface area (Å²) in [5.74, 6) is -0.808. The highest BCUT2D eigenvalue weighted by Crippen LogP contribution is 2.25. The second kappa shape index (κ2) is 14.5. The van der Waals surface area contributed by atoms with Gasteiger partial charge in [-0.3, -0.25) is 9.69 Å². The largest absolute Gasteiger partial charge is 0.465 e. The fourth-order valence-corrected chi connectivity index (χ4v) is 5.45. The standard InChI is InChI=1S/C31H39FN4O5S/c1-5-40-28(37)21-35(30(38)41-31(2,3)4)15-6-16-36-27(22-42-29(36)33-25-11-9-24(32)10-12-25)23-7-13-26(14-8-23)34-17-19-39-20-18-34/h7-14,22H,5-6,15-21H2,1-4H3/b33-29+. The zero-order valence-corrected chi connectivity index (χ0v) is 25.5. The SMILES string of the molecule is CCOC(=O)CN(CCCn1c(-c2ccc(N3CCOCC3)cc2)cs/c1=N/c1ccc(F)cc1)C(=O)OC(C)(C)C. The number of ether oxygens (including phenoxy) is 3. The van der Waals surface area contributed by atoms with Crippen LogP contribution in [0.5, 0.6) is 0 Å². The number of aromatic nitrogens is 1. The van der Waals surface area contributed by atoms with Gasteiger partial charge < -0.3 is 23.7 Å². The lowest BCUT2D eigenvalue weighted by Gasteiger charge is -2.29. The third kappa shape index (κ3) is 8.90. The van der Waals surface area contributed by atoms with E-state index in [4.69, 9.17) is 19.2 Å². The summed E-state index contributed by atoms with van der Waals surface area (Å²) in [5, 5.41) is 2.05. The first-order valence-corrected chi connectivity index (χ1v) is 15.1. The maximum Gasteiger partial charge on any atom is 0.410 e. The first kappa shape index (κ1) is 31.2. The number of benzene rings is 2. The Balaban J connectivity index is 1.59. The summed E-state index contributed by atoms with van der Waals surface area (Å²) in [6.07, 6.45) is -0.0359. The molecule has 0 aliphatic carbocycles. The van der Waals surface area contributed by atoms with E-state index in [-0.39, 0.29) is 25.5 Å². The second-order valence-corrected chi connectivity index (χ2v) is 11.7. The van der Waals surface area contributed by atoms with Gasteiger partial charge in [0.15, 0.2) is 4.80 Å². The topological polar surface area (TPSA) is 85.6 Å². The van der Waals surface area contributed by atoms with Crippen molar-refractivity contribution in [1.82, 2.24) is 9.47 Å². The summed E-state index contributed by atoms with van der Waals surface area (Å²) in [6.45, 7) is 11.1. The van der Waals surface area contributed by atoms with Gasteiger partial charge in [0.1, 0.15) is 18.0 Å². The number of nitrogens with zero attached hydrogens (tertiary/aromatic N) is 4. The summed E-state index contributed by atoms with van der Waals surface area (Å²) in [6, 6.07) is 14.5. The number of amides is 1. The van der Waals surface area contributed by atoms with Crippen LogP contribution in [0.2, 0.25) is 0 Å². The van der Waals surface area contributed by atoms with E-state index in [9.17, 15) is 14.0 Å². The van der Waals surface area contributed by atoms with E-state index in [1.165, 1.54) is 28.4 Å². The molecule has 0 unspecified atom stereocenters. The molecule has 1 aliphatic heterocycles. The van der Waals surface area contributed by atoms with Gasteiger partial charge in [0.05, 0.1) is 31.2 Å². The lowest BCUT2D eigenvalue weighted by molar-refractivity contribution is -0.144. The molecule has 4 rings (SSSR count). The molecular formula is C31H39FN4O5S. The van der Waals surface area contributed by atoms with Crippen molar-refractivity contribution in [3.8, 4) is 11.3 Å². The van der Waals surface area contributed by atoms with Crippen molar-refractivity contribution in [2.45, 2.75) is 46.3 Å². The zero-order valence-electron chi connectivity index (χ0n) is 24.7. The second-order valence-electron chi connectivity index (χ2n) is 10.9. The average molecular weight is 599 g/mol. The van der Waals surface area contributed by atoms with E-state index in [0.717, 1.165) is 48.0 Å². The van der Waals surface area contributed by atoms with Crippen molar-refractivity contribution in [3.63, 3.8) is 0 Å². The zero-order chi connectivity index (χ0) is 30.1. The molecule has 1 aromatic heterocycles. The maximum atomic E-state index is 13.5. The molecule has 0 atom stereocenters. The molecule has 2 aromatic carbocycles. The highest BCUT2D eigenvalue weighted by atomic mass is 32.1. The Morgan fingerprint density at radius 3 is 2.40 bits per heavy atom. The lowest BCUT2D eigenvalue weighted by atomic mass is 10.1. The van der Waals surface area contributed by atoms with Crippen molar-refractivity contribution in [2.24, 2.45) is 4.99 Å². The third-order valence-electron chi connectivity index (χ3n) is 6.48. The van der Waals surface area contributed by atoms with E-state index in [1.807, 2.05) is 0 Å². The van der Waals surface area contributed by atoms with E-state index in [0.29, 0.717) is 18.7 Å². The van der Waals surface area contributed by atoms with Crippen LogP contribution in [-0.4, -0.2) is 73.1 Å². The van der Waals surface area contributed by atoms with Crippen LogP contribution in [0, 0.1) is 5.82 Å². The number of rotatable bonds is 10. The number of carbonyl (C=O) groups excluding carboxylic acids is 2. The molecule has 1 aliphatic rings. The van der Waals surface area contributed by atoms with Crippen LogP contribution in [0.1, 0.15) is 34.1 Å². The fraction of sp³-hybridized carbons (Fsp3) is 0.452. The van der Waals surface area contributed by atoms with Crippen molar-refractivity contribution in [2.75, 3.05) is 50.9 Å². The van der Waals surface area contributed by atoms with Crippen LogP contribution >= 0.6 is 11.3 Å². The molecule has 9 nitrogen and oxygen atoms in total. The molecule has 0 spiro atoms. The van der Waals surface area contributed by atoms with E-state index in [1.54, 1.807) is 39.8 Å². The Bertz CT molecular complexity index is 1390. The average Bonchev–Trinajstić information content (AvgIpc) is 3.35. The number of morpholine rings is 1. The van der Waals surface area contributed by atoms with Crippen LogP contribution in [0.4, 0.5) is 20.6 Å². The smallest absolute Gasteiger partial charge is 0.410 e. The van der Waals surface area contributed by atoms with E-state index >= 15 is 0 Å². The predicted molar refractivity (Wildman–Crippen MR) is 161 cm³/mol. The van der Waals surface area contributed by atoms with E-state index in [2.05, 4.69) is 39.1 Å². The Kier molecular flexibility index (Phi) is 10.8. The summed E-state index contributed by atoms with van der Waals surface area (Å²) in [4.78, 5) is 34.4. The molecule has 1 fully saturated rings. The van der Waals surface area contributed by atoms with Gasteiger partial charge in [0.25, 0.3) is 0 Å². The minimum absolute atomic E-state index is 0.195. The van der Waals surface area contributed by atoms with Gasteiger partial charge in [-0.15, -0.1) is 11.3 Å². The fourth-order valence-electron chi connectivity index (χ4n) is 4.50. The Morgan fingerprint density at radius 1 is 1.07 bits per heavy atom. The number of halogens is 1. The van der Waals surface area contributed by atoms with Crippen molar-refractivity contribution >= 4 is 34.8 Å². The Labute approximate surface area is 250 Å². The number of esters is 1. The van der Waals surface area contributed by atoms with Gasteiger partial charge in [-0.2, -0.15) is 0 Å². The van der Waals surface area contributed by atoms with Gasteiger partial charge in [-0.05, 0) is 76.1 Å². The predicted octanol–water partition coefficient (Wildman–Crippen LogP) is 5.62. The van der Waals surface area contributed by atoms with Crippen LogP contribution in [-0.2, 0) is 25.5 Å². The number of carbonyl (C=O) groups is 2. The van der Waals surface area contributed by atoms with Gasteiger partial charge in [0, 0.05) is 37.2 Å². The van der Waals surface area contributed by atoms with Gasteiger partial charge in [0.2, 0.25) is 0 Å². The van der Waals surface area contributed by atoms with Crippen LogP contribution < -0.4 is 9.70 Å².